The largest absolute Gasteiger partial charge is 0.383 e. The second kappa shape index (κ2) is 8.29. The Morgan fingerprint density at radius 2 is 2.08 bits per heavy atom. The van der Waals surface area contributed by atoms with Crippen molar-refractivity contribution in [2.45, 2.75) is 30.7 Å². The van der Waals surface area contributed by atoms with Gasteiger partial charge in [0, 0.05) is 31.3 Å². The van der Waals surface area contributed by atoms with Crippen molar-refractivity contribution in [3.05, 3.63) is 29.3 Å². The van der Waals surface area contributed by atoms with E-state index in [2.05, 4.69) is 5.32 Å². The van der Waals surface area contributed by atoms with Crippen LogP contribution in [0.25, 0.3) is 0 Å². The Bertz CT molecular complexity index is 663. The molecule has 2 atom stereocenters. The fourth-order valence-corrected chi connectivity index (χ4v) is 4.43. The number of carbonyl (C=O) groups is 1. The van der Waals surface area contributed by atoms with Gasteiger partial charge in [0.1, 0.15) is 0 Å². The van der Waals surface area contributed by atoms with E-state index in [4.69, 9.17) is 16.3 Å². The standard InChI is InChI=1S/C16H23ClN2O4S/c1-12(11-23-2)18-16(20)13-4-3-9-19(10-13)24(21,22)15-7-5-14(17)6-8-15/h5-8,12-13H,3-4,9-11H2,1-2H3,(H,18,20)/t12-,13+/m0/s1. The number of nitrogens with zero attached hydrogens (tertiary/aromatic N) is 1. The smallest absolute Gasteiger partial charge is 0.243 e. The van der Waals surface area contributed by atoms with E-state index >= 15 is 0 Å². The molecule has 1 aliphatic rings. The number of nitrogens with one attached hydrogen (secondary N) is 1. The van der Waals surface area contributed by atoms with Gasteiger partial charge in [0.05, 0.1) is 17.4 Å². The van der Waals surface area contributed by atoms with E-state index in [1.165, 1.54) is 16.4 Å². The van der Waals surface area contributed by atoms with Crippen LogP contribution < -0.4 is 5.32 Å². The highest BCUT2D eigenvalue weighted by Crippen LogP contribution is 2.24. The van der Waals surface area contributed by atoms with Crippen molar-refractivity contribution in [2.75, 3.05) is 26.8 Å². The number of sulfonamides is 1. The third kappa shape index (κ3) is 4.69. The molecule has 1 heterocycles. The average molecular weight is 375 g/mol. The quantitative estimate of drug-likeness (QED) is 0.825. The lowest BCUT2D eigenvalue weighted by molar-refractivity contribution is -0.127. The minimum atomic E-state index is -3.61. The number of hydrogen-bond acceptors (Lipinski definition) is 4. The Morgan fingerprint density at radius 3 is 2.71 bits per heavy atom. The van der Waals surface area contributed by atoms with Crippen molar-refractivity contribution in [2.24, 2.45) is 5.92 Å². The van der Waals surface area contributed by atoms with Gasteiger partial charge in [-0.2, -0.15) is 4.31 Å². The van der Waals surface area contributed by atoms with Crippen LogP contribution in [-0.2, 0) is 19.6 Å². The second-order valence-corrected chi connectivity index (χ2v) is 8.40. The number of halogens is 1. The first-order valence-electron chi connectivity index (χ1n) is 7.89. The molecule has 0 radical (unpaired) electrons. The average Bonchev–Trinajstić information content (AvgIpc) is 2.55. The van der Waals surface area contributed by atoms with Crippen molar-refractivity contribution in [1.29, 1.82) is 0 Å². The number of methoxy groups -OCH3 is 1. The molecule has 0 unspecified atom stereocenters. The van der Waals surface area contributed by atoms with Gasteiger partial charge >= 0.3 is 0 Å². The number of amides is 1. The van der Waals surface area contributed by atoms with Gasteiger partial charge in [-0.15, -0.1) is 0 Å². The number of ether oxygens (including phenoxy) is 1. The van der Waals surface area contributed by atoms with Crippen LogP contribution in [0.1, 0.15) is 19.8 Å². The first-order valence-corrected chi connectivity index (χ1v) is 9.71. The van der Waals surface area contributed by atoms with Crippen LogP contribution in [0, 0.1) is 5.92 Å². The molecule has 2 rings (SSSR count). The Labute approximate surface area is 148 Å². The fourth-order valence-electron chi connectivity index (χ4n) is 2.78. The first-order chi connectivity index (χ1) is 11.3. The molecule has 0 spiro atoms. The number of benzene rings is 1. The molecule has 1 saturated heterocycles. The highest BCUT2D eigenvalue weighted by molar-refractivity contribution is 7.89. The van der Waals surface area contributed by atoms with Gasteiger partial charge < -0.3 is 10.1 Å². The molecule has 1 N–H and O–H groups in total. The molecule has 0 saturated carbocycles. The van der Waals surface area contributed by atoms with Crippen LogP contribution in [0.2, 0.25) is 5.02 Å². The summed E-state index contributed by atoms with van der Waals surface area (Å²) >= 11 is 5.81. The Balaban J connectivity index is 2.07. The molecule has 0 aromatic heterocycles. The summed E-state index contributed by atoms with van der Waals surface area (Å²) < 4.78 is 31.8. The lowest BCUT2D eigenvalue weighted by Crippen LogP contribution is -2.47. The van der Waals surface area contributed by atoms with Crippen LogP contribution in [0.3, 0.4) is 0 Å². The summed E-state index contributed by atoms with van der Waals surface area (Å²) in [5.41, 5.74) is 0. The van der Waals surface area contributed by atoms with Gasteiger partial charge in [-0.1, -0.05) is 11.6 Å². The number of hydrogen-bond donors (Lipinski definition) is 1. The zero-order valence-electron chi connectivity index (χ0n) is 13.9. The summed E-state index contributed by atoms with van der Waals surface area (Å²) in [4.78, 5) is 12.5. The van der Waals surface area contributed by atoms with Gasteiger partial charge in [-0.05, 0) is 44.0 Å². The molecule has 1 aromatic carbocycles. The van der Waals surface area contributed by atoms with Crippen molar-refractivity contribution in [1.82, 2.24) is 9.62 Å². The Kier molecular flexibility index (Phi) is 6.62. The first kappa shape index (κ1) is 19.2. The molecular weight excluding hydrogens is 352 g/mol. The topological polar surface area (TPSA) is 75.7 Å². The SMILES string of the molecule is COC[C@H](C)NC(=O)[C@@H]1CCCN(S(=O)(=O)c2ccc(Cl)cc2)C1. The Hall–Kier alpha value is -1.15. The highest BCUT2D eigenvalue weighted by Gasteiger charge is 2.33. The third-order valence-corrected chi connectivity index (χ3v) is 6.14. The minimum Gasteiger partial charge on any atom is -0.383 e. The van der Waals surface area contributed by atoms with Crippen molar-refractivity contribution in [3.63, 3.8) is 0 Å². The van der Waals surface area contributed by atoms with E-state index < -0.39 is 10.0 Å². The van der Waals surface area contributed by atoms with E-state index in [1.807, 2.05) is 6.92 Å². The normalized spacial score (nSPS) is 20.5. The maximum Gasteiger partial charge on any atom is 0.243 e. The lowest BCUT2D eigenvalue weighted by atomic mass is 9.98. The predicted molar refractivity (Wildman–Crippen MR) is 92.4 cm³/mol. The van der Waals surface area contributed by atoms with E-state index in [0.29, 0.717) is 31.0 Å². The minimum absolute atomic E-state index is 0.106. The molecule has 1 aromatic rings. The van der Waals surface area contributed by atoms with Gasteiger partial charge in [-0.3, -0.25) is 4.79 Å². The summed E-state index contributed by atoms with van der Waals surface area (Å²) in [5.74, 6) is -0.476. The van der Waals surface area contributed by atoms with Crippen molar-refractivity contribution >= 4 is 27.5 Å². The third-order valence-electron chi connectivity index (χ3n) is 4.01. The zero-order chi connectivity index (χ0) is 17.7. The van der Waals surface area contributed by atoms with E-state index in [9.17, 15) is 13.2 Å². The molecule has 8 heteroatoms. The molecule has 24 heavy (non-hydrogen) atoms. The summed E-state index contributed by atoms with van der Waals surface area (Å²) in [6.07, 6.45) is 1.34. The maximum atomic E-state index is 12.7. The molecule has 134 valence electrons. The number of piperidine rings is 1. The van der Waals surface area contributed by atoms with Gasteiger partial charge in [0.15, 0.2) is 0 Å². The summed E-state index contributed by atoms with van der Waals surface area (Å²) in [6, 6.07) is 5.97. The van der Waals surface area contributed by atoms with Gasteiger partial charge in [0.2, 0.25) is 15.9 Å². The molecule has 0 bridgehead atoms. The van der Waals surface area contributed by atoms with Crippen LogP contribution in [0.4, 0.5) is 0 Å². The zero-order valence-corrected chi connectivity index (χ0v) is 15.4. The molecule has 1 aliphatic heterocycles. The Morgan fingerprint density at radius 1 is 1.42 bits per heavy atom. The molecule has 0 aliphatic carbocycles. The van der Waals surface area contributed by atoms with Gasteiger partial charge in [-0.25, -0.2) is 8.42 Å². The van der Waals surface area contributed by atoms with Gasteiger partial charge in [0.25, 0.3) is 0 Å². The van der Waals surface area contributed by atoms with Crippen LogP contribution in [0.5, 0.6) is 0 Å². The maximum absolute atomic E-state index is 12.7. The van der Waals surface area contributed by atoms with E-state index in [1.54, 1.807) is 19.2 Å². The highest BCUT2D eigenvalue weighted by atomic mass is 35.5. The fraction of sp³-hybridized carbons (Fsp3) is 0.562. The number of rotatable bonds is 6. The molecular formula is C16H23ClN2O4S. The van der Waals surface area contributed by atoms with Crippen molar-refractivity contribution in [3.8, 4) is 0 Å². The summed E-state index contributed by atoms with van der Waals surface area (Å²) in [5, 5.41) is 3.35. The van der Waals surface area contributed by atoms with Crippen LogP contribution >= 0.6 is 11.6 Å². The van der Waals surface area contributed by atoms with Crippen LogP contribution in [0.15, 0.2) is 29.2 Å². The predicted octanol–water partition coefficient (Wildman–Crippen LogP) is 1.89. The number of carbonyl (C=O) groups excluding carboxylic acids is 1. The monoisotopic (exact) mass is 374 g/mol. The molecule has 6 nitrogen and oxygen atoms in total. The lowest BCUT2D eigenvalue weighted by Gasteiger charge is -2.31. The van der Waals surface area contributed by atoms with Crippen molar-refractivity contribution < 1.29 is 17.9 Å². The summed E-state index contributed by atoms with van der Waals surface area (Å²) in [6.45, 7) is 2.89. The second-order valence-electron chi connectivity index (χ2n) is 6.02. The van der Waals surface area contributed by atoms with Crippen LogP contribution in [-0.4, -0.2) is 51.5 Å². The molecule has 1 amide bonds. The van der Waals surface area contributed by atoms with E-state index in [0.717, 1.165) is 0 Å². The van der Waals surface area contributed by atoms with E-state index in [-0.39, 0.29) is 29.3 Å². The summed E-state index contributed by atoms with van der Waals surface area (Å²) in [7, 11) is -2.04. The molecule has 1 fully saturated rings.